The maximum Gasteiger partial charge on any atom is 0.225 e. The number of carbonyl (C=O) groups excluding carboxylic acids is 1. The lowest BCUT2D eigenvalue weighted by Crippen LogP contribution is -2.48. The Hall–Kier alpha value is -1.59. The molecule has 5 heteroatoms. The summed E-state index contributed by atoms with van der Waals surface area (Å²) < 4.78 is 5.37. The van der Waals surface area contributed by atoms with Gasteiger partial charge in [-0.3, -0.25) is 9.69 Å². The van der Waals surface area contributed by atoms with E-state index in [-0.39, 0.29) is 6.04 Å². The van der Waals surface area contributed by atoms with Gasteiger partial charge in [-0.15, -0.1) is 0 Å². The maximum absolute atomic E-state index is 12.4. The highest BCUT2D eigenvalue weighted by Crippen LogP contribution is 2.33. The number of amides is 1. The van der Waals surface area contributed by atoms with Crippen LogP contribution >= 0.6 is 0 Å². The molecule has 1 aliphatic carbocycles. The van der Waals surface area contributed by atoms with Gasteiger partial charge in [0.15, 0.2) is 0 Å². The molecule has 1 saturated carbocycles. The molecule has 1 aromatic carbocycles. The molecule has 0 bridgehead atoms. The Morgan fingerprint density at radius 2 is 1.92 bits per heavy atom. The minimum absolute atomic E-state index is 0.164. The van der Waals surface area contributed by atoms with Crippen LogP contribution in [0, 0.1) is 5.92 Å². The molecule has 1 amide bonds. The quantitative estimate of drug-likeness (QED) is 0.898. The number of likely N-dealkylation sites (tertiary alicyclic amines) is 2. The monoisotopic (exact) mass is 357 g/mol. The van der Waals surface area contributed by atoms with E-state index >= 15 is 0 Å². The molecular weight excluding hydrogens is 326 g/mol. The van der Waals surface area contributed by atoms with Crippen molar-refractivity contribution >= 4 is 5.91 Å². The molecule has 1 aromatic rings. The van der Waals surface area contributed by atoms with Crippen LogP contribution < -0.4 is 10.5 Å². The van der Waals surface area contributed by atoms with Crippen LogP contribution in [0.2, 0.25) is 0 Å². The molecule has 2 atom stereocenters. The van der Waals surface area contributed by atoms with Crippen LogP contribution in [0.5, 0.6) is 5.75 Å². The van der Waals surface area contributed by atoms with Crippen molar-refractivity contribution in [2.75, 3.05) is 33.3 Å². The molecule has 0 spiro atoms. The summed E-state index contributed by atoms with van der Waals surface area (Å²) in [4.78, 5) is 17.1. The second kappa shape index (κ2) is 7.57. The molecule has 3 fully saturated rings. The lowest BCUT2D eigenvalue weighted by atomic mass is 9.84. The van der Waals surface area contributed by atoms with Crippen LogP contribution in [-0.2, 0) is 4.79 Å². The minimum Gasteiger partial charge on any atom is -0.497 e. The number of hydrogen-bond donors (Lipinski definition) is 1. The zero-order valence-electron chi connectivity index (χ0n) is 15.8. The number of carbonyl (C=O) groups is 1. The van der Waals surface area contributed by atoms with Crippen LogP contribution in [0.15, 0.2) is 24.3 Å². The molecule has 0 unspecified atom stereocenters. The lowest BCUT2D eigenvalue weighted by molar-refractivity contribution is -0.139. The van der Waals surface area contributed by atoms with Gasteiger partial charge in [0.2, 0.25) is 5.91 Å². The van der Waals surface area contributed by atoms with Crippen LogP contribution in [0.3, 0.4) is 0 Å². The van der Waals surface area contributed by atoms with E-state index in [1.807, 2.05) is 12.1 Å². The normalized spacial score (nSPS) is 28.2. The fraction of sp³-hybridized carbons (Fsp3) is 0.667. The summed E-state index contributed by atoms with van der Waals surface area (Å²) in [6, 6.07) is 9.04. The number of methoxy groups -OCH3 is 1. The fourth-order valence-electron chi connectivity index (χ4n) is 4.75. The van der Waals surface area contributed by atoms with Crippen molar-refractivity contribution in [3.63, 3.8) is 0 Å². The number of hydrogen-bond acceptors (Lipinski definition) is 4. The molecule has 2 N–H and O–H groups in total. The summed E-state index contributed by atoms with van der Waals surface area (Å²) >= 11 is 0. The minimum atomic E-state index is 0.164. The largest absolute Gasteiger partial charge is 0.497 e. The standard InChI is InChI=1S/C21H31N3O2/c1-26-18-7-3-6-16(12-18)19-13-24(14-20(19)22)17-8-10-23(11-9-17)21(25)15-4-2-5-15/h3,6-7,12,15,17,19-20H,2,4-5,8-11,13-14,22H2,1H3/t19-,20+/m0/s1. The first kappa shape index (κ1) is 17.8. The van der Waals surface area contributed by atoms with E-state index in [2.05, 4.69) is 21.9 Å². The van der Waals surface area contributed by atoms with Gasteiger partial charge in [0.05, 0.1) is 7.11 Å². The molecular formula is C21H31N3O2. The van der Waals surface area contributed by atoms with E-state index in [0.29, 0.717) is 23.8 Å². The number of nitrogens with two attached hydrogens (primary N) is 1. The van der Waals surface area contributed by atoms with Crippen molar-refractivity contribution in [2.45, 2.75) is 50.1 Å². The Kier molecular flexibility index (Phi) is 5.18. The summed E-state index contributed by atoms with van der Waals surface area (Å²) in [5, 5.41) is 0. The van der Waals surface area contributed by atoms with E-state index < -0.39 is 0 Å². The second-order valence-corrected chi connectivity index (χ2v) is 8.19. The van der Waals surface area contributed by atoms with Gasteiger partial charge < -0.3 is 15.4 Å². The Bertz CT molecular complexity index is 638. The second-order valence-electron chi connectivity index (χ2n) is 8.19. The van der Waals surface area contributed by atoms with Crippen LogP contribution in [0.1, 0.15) is 43.6 Å². The SMILES string of the molecule is COc1cccc([C@@H]2CN(C3CCN(C(=O)C4CCC4)CC3)C[C@H]2N)c1. The third-order valence-corrected chi connectivity index (χ3v) is 6.66. The molecule has 26 heavy (non-hydrogen) atoms. The number of benzene rings is 1. The van der Waals surface area contributed by atoms with E-state index in [9.17, 15) is 4.79 Å². The highest BCUT2D eigenvalue weighted by molar-refractivity contribution is 5.79. The van der Waals surface area contributed by atoms with E-state index in [1.54, 1.807) is 7.11 Å². The summed E-state index contributed by atoms with van der Waals surface area (Å²) in [6.45, 7) is 3.78. The van der Waals surface area contributed by atoms with Gasteiger partial charge in [-0.2, -0.15) is 0 Å². The maximum atomic E-state index is 12.4. The first-order valence-electron chi connectivity index (χ1n) is 10.1. The topological polar surface area (TPSA) is 58.8 Å². The molecule has 3 aliphatic rings. The molecule has 142 valence electrons. The Morgan fingerprint density at radius 3 is 2.58 bits per heavy atom. The predicted molar refractivity (Wildman–Crippen MR) is 102 cm³/mol. The van der Waals surface area contributed by atoms with Crippen molar-refractivity contribution in [3.05, 3.63) is 29.8 Å². The van der Waals surface area contributed by atoms with E-state index in [1.165, 1.54) is 12.0 Å². The van der Waals surface area contributed by atoms with Crippen molar-refractivity contribution in [1.29, 1.82) is 0 Å². The van der Waals surface area contributed by atoms with Crippen molar-refractivity contribution in [3.8, 4) is 5.75 Å². The van der Waals surface area contributed by atoms with Gasteiger partial charge in [-0.25, -0.2) is 0 Å². The lowest BCUT2D eigenvalue weighted by Gasteiger charge is -2.39. The highest BCUT2D eigenvalue weighted by atomic mass is 16.5. The van der Waals surface area contributed by atoms with Gasteiger partial charge in [0.25, 0.3) is 0 Å². The summed E-state index contributed by atoms with van der Waals surface area (Å²) in [7, 11) is 1.71. The zero-order valence-corrected chi connectivity index (χ0v) is 15.8. The first-order chi connectivity index (χ1) is 12.7. The average Bonchev–Trinajstić information content (AvgIpc) is 3.02. The number of piperidine rings is 1. The first-order valence-corrected chi connectivity index (χ1v) is 10.1. The van der Waals surface area contributed by atoms with Gasteiger partial charge in [0, 0.05) is 50.1 Å². The number of rotatable bonds is 4. The smallest absolute Gasteiger partial charge is 0.225 e. The Labute approximate surface area is 156 Å². The average molecular weight is 357 g/mol. The Balaban J connectivity index is 1.34. The van der Waals surface area contributed by atoms with Crippen molar-refractivity contribution in [2.24, 2.45) is 11.7 Å². The fourth-order valence-corrected chi connectivity index (χ4v) is 4.75. The molecule has 2 saturated heterocycles. The molecule has 2 aliphatic heterocycles. The van der Waals surface area contributed by atoms with Gasteiger partial charge in [-0.05, 0) is 43.4 Å². The van der Waals surface area contributed by atoms with E-state index in [4.69, 9.17) is 10.5 Å². The summed E-state index contributed by atoms with van der Waals surface area (Å²) in [5.74, 6) is 1.99. The van der Waals surface area contributed by atoms with Gasteiger partial charge in [-0.1, -0.05) is 18.6 Å². The van der Waals surface area contributed by atoms with E-state index in [0.717, 1.165) is 57.6 Å². The molecule has 4 rings (SSSR count). The summed E-state index contributed by atoms with van der Waals surface area (Å²) in [5.41, 5.74) is 7.77. The highest BCUT2D eigenvalue weighted by Gasteiger charge is 2.38. The molecule has 5 nitrogen and oxygen atoms in total. The third-order valence-electron chi connectivity index (χ3n) is 6.66. The van der Waals surface area contributed by atoms with Crippen LogP contribution in [0.4, 0.5) is 0 Å². The zero-order chi connectivity index (χ0) is 18.1. The van der Waals surface area contributed by atoms with Crippen molar-refractivity contribution < 1.29 is 9.53 Å². The van der Waals surface area contributed by atoms with Crippen LogP contribution in [0.25, 0.3) is 0 Å². The van der Waals surface area contributed by atoms with Gasteiger partial charge >= 0.3 is 0 Å². The van der Waals surface area contributed by atoms with Gasteiger partial charge in [0.1, 0.15) is 5.75 Å². The number of ether oxygens (including phenoxy) is 1. The van der Waals surface area contributed by atoms with Crippen LogP contribution in [-0.4, -0.2) is 61.1 Å². The third kappa shape index (κ3) is 3.47. The Morgan fingerprint density at radius 1 is 1.15 bits per heavy atom. The van der Waals surface area contributed by atoms with Crippen molar-refractivity contribution in [1.82, 2.24) is 9.80 Å². The molecule has 0 radical (unpaired) electrons. The number of nitrogens with zero attached hydrogens (tertiary/aromatic N) is 2. The molecule has 0 aromatic heterocycles. The molecule has 2 heterocycles. The predicted octanol–water partition coefficient (Wildman–Crippen LogP) is 2.21. The summed E-state index contributed by atoms with van der Waals surface area (Å²) in [6.07, 6.45) is 5.58.